The average Bonchev–Trinajstić information content (AvgIpc) is 3.21. The van der Waals surface area contributed by atoms with E-state index in [1.165, 1.54) is 135 Å². The fraction of sp³-hybridized carbons (Fsp3) is 0.915. The van der Waals surface area contributed by atoms with E-state index in [1.807, 2.05) is 0 Å². The maximum atomic E-state index is 12.8. The lowest BCUT2D eigenvalue weighted by molar-refractivity contribution is -0.305. The van der Waals surface area contributed by atoms with Crippen molar-refractivity contribution in [3.63, 3.8) is 0 Å². The van der Waals surface area contributed by atoms with Gasteiger partial charge in [0.2, 0.25) is 0 Å². The standard InChI is InChI=1S/C47H88O10/c1-3-5-7-9-11-13-15-17-19-20-22-23-25-27-29-31-33-35-42(49)54-38-40(39-55-47-46(53)45(52)44(51)41(37-48)57-47)56-43(50)36-34-32-30-28-26-24-21-18-16-14-12-10-8-6-4-2/h18,21,40-41,44-48,51-53H,3-17,19-20,22-39H2,1-2H3. The van der Waals surface area contributed by atoms with Gasteiger partial charge >= 0.3 is 11.9 Å². The summed E-state index contributed by atoms with van der Waals surface area (Å²) >= 11 is 0. The van der Waals surface area contributed by atoms with Gasteiger partial charge in [0, 0.05) is 12.8 Å². The van der Waals surface area contributed by atoms with Gasteiger partial charge in [-0.25, -0.2) is 0 Å². The first-order valence-electron chi connectivity index (χ1n) is 23.8. The second kappa shape index (κ2) is 38.6. The highest BCUT2D eigenvalue weighted by Crippen LogP contribution is 2.23. The molecule has 0 aromatic heterocycles. The summed E-state index contributed by atoms with van der Waals surface area (Å²) < 4.78 is 22.2. The van der Waals surface area contributed by atoms with Crippen LogP contribution in [0.3, 0.4) is 0 Å². The molecule has 1 saturated heterocycles. The van der Waals surface area contributed by atoms with Gasteiger partial charge < -0.3 is 39.4 Å². The molecule has 0 bridgehead atoms. The van der Waals surface area contributed by atoms with Crippen molar-refractivity contribution in [2.75, 3.05) is 19.8 Å². The number of hydrogen-bond donors (Lipinski definition) is 4. The molecule has 0 aliphatic carbocycles. The van der Waals surface area contributed by atoms with Crippen molar-refractivity contribution in [3.8, 4) is 0 Å². The predicted molar refractivity (Wildman–Crippen MR) is 229 cm³/mol. The van der Waals surface area contributed by atoms with E-state index in [0.29, 0.717) is 6.42 Å². The van der Waals surface area contributed by atoms with Crippen LogP contribution in [0.15, 0.2) is 12.2 Å². The van der Waals surface area contributed by atoms with E-state index < -0.39 is 49.4 Å². The Morgan fingerprint density at radius 3 is 1.37 bits per heavy atom. The highest BCUT2D eigenvalue weighted by atomic mass is 16.7. The number of unbranched alkanes of at least 4 members (excludes halogenated alkanes) is 27. The van der Waals surface area contributed by atoms with E-state index in [0.717, 1.165) is 51.4 Å². The van der Waals surface area contributed by atoms with Gasteiger partial charge in [-0.3, -0.25) is 9.59 Å². The largest absolute Gasteiger partial charge is 0.462 e. The third-order valence-corrected chi connectivity index (χ3v) is 11.2. The number of ether oxygens (including phenoxy) is 4. The zero-order valence-corrected chi connectivity index (χ0v) is 36.6. The molecule has 1 aliphatic heterocycles. The van der Waals surface area contributed by atoms with Crippen molar-refractivity contribution in [2.24, 2.45) is 0 Å². The first-order valence-corrected chi connectivity index (χ1v) is 23.8. The summed E-state index contributed by atoms with van der Waals surface area (Å²) in [5.74, 6) is -0.804. The van der Waals surface area contributed by atoms with Gasteiger partial charge in [0.25, 0.3) is 0 Å². The Labute approximate surface area is 348 Å². The molecular formula is C47H88O10. The second-order valence-corrected chi connectivity index (χ2v) is 16.6. The molecule has 1 rings (SSSR count). The van der Waals surface area contributed by atoms with Crippen molar-refractivity contribution >= 4 is 11.9 Å². The van der Waals surface area contributed by atoms with Crippen LogP contribution in [0, 0.1) is 0 Å². The van der Waals surface area contributed by atoms with Crippen LogP contribution < -0.4 is 0 Å². The monoisotopic (exact) mass is 813 g/mol. The highest BCUT2D eigenvalue weighted by molar-refractivity contribution is 5.70. The number of aliphatic hydroxyl groups is 4. The minimum atomic E-state index is -1.59. The van der Waals surface area contributed by atoms with E-state index in [9.17, 15) is 30.0 Å². The number of allylic oxidation sites excluding steroid dienone is 2. The van der Waals surface area contributed by atoms with E-state index in [2.05, 4.69) is 26.0 Å². The minimum absolute atomic E-state index is 0.215. The molecule has 6 unspecified atom stereocenters. The topological polar surface area (TPSA) is 152 Å². The van der Waals surface area contributed by atoms with Crippen LogP contribution in [0.4, 0.5) is 0 Å². The summed E-state index contributed by atoms with van der Waals surface area (Å²) in [5.41, 5.74) is 0. The number of aliphatic hydroxyl groups excluding tert-OH is 4. The van der Waals surface area contributed by atoms with Crippen molar-refractivity contribution in [2.45, 2.75) is 256 Å². The van der Waals surface area contributed by atoms with E-state index in [4.69, 9.17) is 18.9 Å². The fourth-order valence-corrected chi connectivity index (χ4v) is 7.36. The smallest absolute Gasteiger partial charge is 0.306 e. The first-order chi connectivity index (χ1) is 27.8. The molecule has 57 heavy (non-hydrogen) atoms. The van der Waals surface area contributed by atoms with Crippen molar-refractivity contribution in [1.29, 1.82) is 0 Å². The third kappa shape index (κ3) is 30.2. The Morgan fingerprint density at radius 2 is 0.930 bits per heavy atom. The molecular weight excluding hydrogens is 725 g/mol. The summed E-state index contributed by atoms with van der Waals surface area (Å²) in [6, 6.07) is 0. The van der Waals surface area contributed by atoms with E-state index in [1.54, 1.807) is 0 Å². The molecule has 10 heteroatoms. The normalized spacial score (nSPS) is 20.3. The summed E-state index contributed by atoms with van der Waals surface area (Å²) in [5, 5.41) is 40.1. The third-order valence-electron chi connectivity index (χ3n) is 11.2. The zero-order chi connectivity index (χ0) is 41.6. The van der Waals surface area contributed by atoms with Crippen molar-refractivity contribution < 1.29 is 49.0 Å². The Balaban J connectivity index is 2.29. The first kappa shape index (κ1) is 53.5. The summed E-state index contributed by atoms with van der Waals surface area (Å²) in [6.07, 6.45) is 33.6. The van der Waals surface area contributed by atoms with Gasteiger partial charge in [-0.15, -0.1) is 0 Å². The molecule has 0 saturated carbocycles. The molecule has 1 fully saturated rings. The van der Waals surface area contributed by atoms with Gasteiger partial charge in [-0.05, 0) is 38.5 Å². The maximum absolute atomic E-state index is 12.8. The number of carbonyl (C=O) groups excluding carboxylic acids is 2. The number of hydrogen-bond acceptors (Lipinski definition) is 10. The summed E-state index contributed by atoms with van der Waals surface area (Å²) in [4.78, 5) is 25.4. The molecule has 0 aromatic rings. The molecule has 10 nitrogen and oxygen atoms in total. The molecule has 1 aliphatic rings. The molecule has 1 heterocycles. The molecule has 0 spiro atoms. The Hall–Kier alpha value is -1.56. The fourth-order valence-electron chi connectivity index (χ4n) is 7.36. The Bertz CT molecular complexity index is 943. The summed E-state index contributed by atoms with van der Waals surface area (Å²) in [6.45, 7) is 3.44. The summed E-state index contributed by atoms with van der Waals surface area (Å²) in [7, 11) is 0. The molecule has 336 valence electrons. The SMILES string of the molecule is CCCCCCCCC=CCCCCCCCC(=O)OC(COC(=O)CCCCCCCCCCCCCCCCCCC)COC1OC(CO)C(O)C(O)C1O. The van der Waals surface area contributed by atoms with Crippen LogP contribution in [0.5, 0.6) is 0 Å². The van der Waals surface area contributed by atoms with Gasteiger partial charge in [-0.1, -0.05) is 180 Å². The van der Waals surface area contributed by atoms with Crippen LogP contribution in [-0.4, -0.2) is 89.0 Å². The molecule has 0 radical (unpaired) electrons. The van der Waals surface area contributed by atoms with Crippen molar-refractivity contribution in [1.82, 2.24) is 0 Å². The average molecular weight is 813 g/mol. The highest BCUT2D eigenvalue weighted by Gasteiger charge is 2.44. The van der Waals surface area contributed by atoms with Crippen molar-refractivity contribution in [3.05, 3.63) is 12.2 Å². The second-order valence-electron chi connectivity index (χ2n) is 16.6. The van der Waals surface area contributed by atoms with E-state index in [-0.39, 0.29) is 32.0 Å². The lowest BCUT2D eigenvalue weighted by Gasteiger charge is -2.39. The minimum Gasteiger partial charge on any atom is -0.462 e. The van der Waals surface area contributed by atoms with Crippen LogP contribution >= 0.6 is 0 Å². The van der Waals surface area contributed by atoms with Crippen LogP contribution in [0.2, 0.25) is 0 Å². The lowest BCUT2D eigenvalue weighted by atomic mass is 9.99. The number of esters is 2. The van der Waals surface area contributed by atoms with Gasteiger partial charge in [0.05, 0.1) is 13.2 Å². The molecule has 6 atom stereocenters. The lowest BCUT2D eigenvalue weighted by Crippen LogP contribution is -2.59. The maximum Gasteiger partial charge on any atom is 0.306 e. The Morgan fingerprint density at radius 1 is 0.526 bits per heavy atom. The molecule has 0 amide bonds. The Kier molecular flexibility index (Phi) is 36.2. The predicted octanol–water partition coefficient (Wildman–Crippen LogP) is 10.3. The quantitative estimate of drug-likeness (QED) is 0.0267. The van der Waals surface area contributed by atoms with E-state index >= 15 is 0 Å². The van der Waals surface area contributed by atoms with Crippen LogP contribution in [0.1, 0.15) is 219 Å². The molecule has 4 N–H and O–H groups in total. The molecule has 0 aromatic carbocycles. The van der Waals surface area contributed by atoms with Crippen LogP contribution in [0.25, 0.3) is 0 Å². The number of rotatable bonds is 40. The number of carbonyl (C=O) groups is 2. The van der Waals surface area contributed by atoms with Gasteiger partial charge in [-0.2, -0.15) is 0 Å². The van der Waals surface area contributed by atoms with Crippen LogP contribution in [-0.2, 0) is 28.5 Å². The van der Waals surface area contributed by atoms with Gasteiger partial charge in [0.1, 0.15) is 31.0 Å². The van der Waals surface area contributed by atoms with Gasteiger partial charge in [0.15, 0.2) is 12.4 Å². The zero-order valence-electron chi connectivity index (χ0n) is 36.6.